The van der Waals surface area contributed by atoms with Crippen molar-refractivity contribution in [2.24, 2.45) is 5.41 Å². The zero-order valence-corrected chi connectivity index (χ0v) is 8.08. The van der Waals surface area contributed by atoms with Crippen LogP contribution in [0.3, 0.4) is 0 Å². The van der Waals surface area contributed by atoms with Gasteiger partial charge >= 0.3 is 5.97 Å². The fourth-order valence-corrected chi connectivity index (χ4v) is 1.52. The Morgan fingerprint density at radius 2 is 2.31 bits per heavy atom. The molecule has 0 aromatic heterocycles. The highest BCUT2D eigenvalue weighted by molar-refractivity contribution is 5.72. The van der Waals surface area contributed by atoms with Gasteiger partial charge in [0.25, 0.3) is 0 Å². The van der Waals surface area contributed by atoms with Crippen molar-refractivity contribution >= 4 is 5.97 Å². The Hall–Kier alpha value is -0.610. The topological polar surface area (TPSA) is 55.8 Å². The first-order valence-corrected chi connectivity index (χ1v) is 4.47. The molecule has 1 heterocycles. The summed E-state index contributed by atoms with van der Waals surface area (Å²) in [4.78, 5) is 10.7. The minimum Gasteiger partial charge on any atom is -0.479 e. The highest BCUT2D eigenvalue weighted by Gasteiger charge is 2.40. The second-order valence-electron chi connectivity index (χ2n) is 3.61. The van der Waals surface area contributed by atoms with Gasteiger partial charge in [0.05, 0.1) is 13.2 Å². The number of hydrogen-bond donors (Lipinski definition) is 1. The number of methoxy groups -OCH3 is 1. The second-order valence-corrected chi connectivity index (χ2v) is 3.61. The lowest BCUT2D eigenvalue weighted by molar-refractivity contribution is -0.164. The lowest BCUT2D eigenvalue weighted by Crippen LogP contribution is -2.46. The molecular formula is C9H16O4. The first kappa shape index (κ1) is 10.5. The van der Waals surface area contributed by atoms with Gasteiger partial charge in [-0.15, -0.1) is 0 Å². The molecule has 4 nitrogen and oxygen atoms in total. The SMILES string of the molecule is CCC1(CC(OC)C(=O)O)COC1. The Bertz CT molecular complexity index is 181. The van der Waals surface area contributed by atoms with Gasteiger partial charge in [-0.2, -0.15) is 0 Å². The Kier molecular flexibility index (Phi) is 3.27. The fourth-order valence-electron chi connectivity index (χ4n) is 1.52. The normalized spacial score (nSPS) is 22.0. The average molecular weight is 188 g/mol. The molecule has 1 aliphatic heterocycles. The van der Waals surface area contributed by atoms with Crippen LogP contribution in [0.25, 0.3) is 0 Å². The van der Waals surface area contributed by atoms with Crippen LogP contribution in [0, 0.1) is 5.41 Å². The van der Waals surface area contributed by atoms with Crippen LogP contribution in [0.2, 0.25) is 0 Å². The van der Waals surface area contributed by atoms with Gasteiger partial charge in [-0.1, -0.05) is 6.92 Å². The van der Waals surface area contributed by atoms with E-state index in [1.165, 1.54) is 7.11 Å². The number of carboxylic acid groups (broad SMARTS) is 1. The van der Waals surface area contributed by atoms with E-state index in [2.05, 4.69) is 6.92 Å². The molecule has 0 saturated carbocycles. The van der Waals surface area contributed by atoms with Crippen molar-refractivity contribution in [2.45, 2.75) is 25.9 Å². The fraction of sp³-hybridized carbons (Fsp3) is 0.889. The van der Waals surface area contributed by atoms with Crippen molar-refractivity contribution in [1.29, 1.82) is 0 Å². The van der Waals surface area contributed by atoms with Crippen LogP contribution in [0.4, 0.5) is 0 Å². The quantitative estimate of drug-likeness (QED) is 0.696. The molecule has 0 aromatic carbocycles. The monoisotopic (exact) mass is 188 g/mol. The lowest BCUT2D eigenvalue weighted by Gasteiger charge is -2.42. The van der Waals surface area contributed by atoms with E-state index in [-0.39, 0.29) is 5.41 Å². The number of ether oxygens (including phenoxy) is 2. The summed E-state index contributed by atoms with van der Waals surface area (Å²) >= 11 is 0. The number of rotatable bonds is 5. The van der Waals surface area contributed by atoms with Gasteiger partial charge in [-0.05, 0) is 12.8 Å². The largest absolute Gasteiger partial charge is 0.479 e. The second kappa shape index (κ2) is 4.07. The van der Waals surface area contributed by atoms with Gasteiger partial charge in [0.15, 0.2) is 6.10 Å². The van der Waals surface area contributed by atoms with Crippen LogP contribution in [-0.2, 0) is 14.3 Å². The van der Waals surface area contributed by atoms with Gasteiger partial charge in [-0.3, -0.25) is 0 Å². The number of aliphatic carboxylic acids is 1. The molecule has 0 aliphatic carbocycles. The summed E-state index contributed by atoms with van der Waals surface area (Å²) in [6.45, 7) is 3.38. The maximum atomic E-state index is 10.7. The molecule has 1 fully saturated rings. The lowest BCUT2D eigenvalue weighted by atomic mass is 9.78. The zero-order valence-electron chi connectivity index (χ0n) is 8.08. The molecule has 1 saturated heterocycles. The molecule has 76 valence electrons. The van der Waals surface area contributed by atoms with E-state index in [4.69, 9.17) is 14.6 Å². The predicted octanol–water partition coefficient (Wildman–Crippen LogP) is 0.903. The maximum absolute atomic E-state index is 10.7. The summed E-state index contributed by atoms with van der Waals surface area (Å²) in [5.41, 5.74) is 0.0407. The standard InChI is InChI=1S/C9H16O4/c1-3-9(5-13-6-9)4-7(12-2)8(10)11/h7H,3-6H2,1-2H3,(H,10,11). The zero-order chi connectivity index (χ0) is 9.90. The summed E-state index contributed by atoms with van der Waals surface area (Å²) in [6, 6.07) is 0. The van der Waals surface area contributed by atoms with Gasteiger partial charge in [0, 0.05) is 12.5 Å². The van der Waals surface area contributed by atoms with E-state index in [1.807, 2.05) is 0 Å². The van der Waals surface area contributed by atoms with Crippen LogP contribution in [0.5, 0.6) is 0 Å². The Morgan fingerprint density at radius 1 is 1.69 bits per heavy atom. The van der Waals surface area contributed by atoms with E-state index in [1.54, 1.807) is 0 Å². The maximum Gasteiger partial charge on any atom is 0.332 e. The van der Waals surface area contributed by atoms with E-state index in [9.17, 15) is 4.79 Å². The minimum absolute atomic E-state index is 0.0407. The van der Waals surface area contributed by atoms with Crippen LogP contribution in [-0.4, -0.2) is 37.5 Å². The predicted molar refractivity (Wildman–Crippen MR) is 46.6 cm³/mol. The van der Waals surface area contributed by atoms with Gasteiger partial charge in [-0.25, -0.2) is 4.79 Å². The van der Waals surface area contributed by atoms with Crippen molar-refractivity contribution in [2.75, 3.05) is 20.3 Å². The molecule has 4 heteroatoms. The Balaban J connectivity index is 2.48. The molecule has 0 spiro atoms. The molecule has 1 unspecified atom stereocenters. The smallest absolute Gasteiger partial charge is 0.332 e. The number of carboxylic acids is 1. The summed E-state index contributed by atoms with van der Waals surface area (Å²) in [5.74, 6) is -0.887. The molecule has 1 N–H and O–H groups in total. The van der Waals surface area contributed by atoms with E-state index in [0.29, 0.717) is 19.6 Å². The van der Waals surface area contributed by atoms with Crippen molar-refractivity contribution in [3.05, 3.63) is 0 Å². The molecule has 1 atom stereocenters. The summed E-state index contributed by atoms with van der Waals surface area (Å²) in [7, 11) is 1.43. The van der Waals surface area contributed by atoms with Crippen molar-refractivity contribution < 1.29 is 19.4 Å². The summed E-state index contributed by atoms with van der Waals surface area (Å²) in [6.07, 6.45) is 0.805. The highest BCUT2D eigenvalue weighted by Crippen LogP contribution is 2.36. The van der Waals surface area contributed by atoms with Crippen molar-refractivity contribution in [3.63, 3.8) is 0 Å². The van der Waals surface area contributed by atoms with Crippen LogP contribution >= 0.6 is 0 Å². The molecule has 1 aliphatic rings. The minimum atomic E-state index is -0.887. The average Bonchev–Trinajstić information content (AvgIpc) is 2.03. The molecule has 0 radical (unpaired) electrons. The van der Waals surface area contributed by atoms with Gasteiger partial charge in [0.1, 0.15) is 0 Å². The van der Waals surface area contributed by atoms with E-state index >= 15 is 0 Å². The van der Waals surface area contributed by atoms with Crippen LogP contribution < -0.4 is 0 Å². The number of hydrogen-bond acceptors (Lipinski definition) is 3. The first-order valence-electron chi connectivity index (χ1n) is 4.47. The van der Waals surface area contributed by atoms with Crippen molar-refractivity contribution in [3.8, 4) is 0 Å². The third-order valence-corrected chi connectivity index (χ3v) is 2.74. The number of carbonyl (C=O) groups is 1. The molecule has 1 rings (SSSR count). The summed E-state index contributed by atoms with van der Waals surface area (Å²) < 4.78 is 10.00. The van der Waals surface area contributed by atoms with E-state index in [0.717, 1.165) is 6.42 Å². The van der Waals surface area contributed by atoms with Crippen molar-refractivity contribution in [1.82, 2.24) is 0 Å². The Morgan fingerprint density at radius 3 is 2.54 bits per heavy atom. The first-order chi connectivity index (χ1) is 6.13. The Labute approximate surface area is 77.8 Å². The highest BCUT2D eigenvalue weighted by atomic mass is 16.5. The van der Waals surface area contributed by atoms with Gasteiger partial charge < -0.3 is 14.6 Å². The summed E-state index contributed by atoms with van der Waals surface area (Å²) in [5, 5.41) is 8.79. The molecule has 13 heavy (non-hydrogen) atoms. The molecular weight excluding hydrogens is 172 g/mol. The van der Waals surface area contributed by atoms with Crippen LogP contribution in [0.15, 0.2) is 0 Å². The third kappa shape index (κ3) is 2.19. The molecule has 0 aromatic rings. The van der Waals surface area contributed by atoms with Crippen LogP contribution in [0.1, 0.15) is 19.8 Å². The molecule has 0 bridgehead atoms. The van der Waals surface area contributed by atoms with E-state index < -0.39 is 12.1 Å². The van der Waals surface area contributed by atoms with Gasteiger partial charge in [0.2, 0.25) is 0 Å². The third-order valence-electron chi connectivity index (χ3n) is 2.74. The molecule has 0 amide bonds.